The average Bonchev–Trinajstić information content (AvgIpc) is 3.12. The van der Waals surface area contributed by atoms with Gasteiger partial charge in [0, 0.05) is 26.2 Å². The number of aromatic amines is 1. The number of rotatable bonds is 7. The first-order chi connectivity index (χ1) is 16.0. The third kappa shape index (κ3) is 5.48. The number of carbonyl (C=O) groups is 1. The fourth-order valence-electron chi connectivity index (χ4n) is 4.25. The van der Waals surface area contributed by atoms with Gasteiger partial charge in [0.15, 0.2) is 0 Å². The Balaban J connectivity index is 1.27. The van der Waals surface area contributed by atoms with E-state index in [0.29, 0.717) is 30.3 Å². The first kappa shape index (κ1) is 22.7. The van der Waals surface area contributed by atoms with Gasteiger partial charge < -0.3 is 29.9 Å². The Morgan fingerprint density at radius 2 is 2.00 bits per heavy atom. The molecule has 176 valence electrons. The summed E-state index contributed by atoms with van der Waals surface area (Å²) in [4.78, 5) is 34.1. The Bertz CT molecular complexity index is 1060. The summed E-state index contributed by atoms with van der Waals surface area (Å²) in [6.07, 6.45) is 7.83. The first-order valence-electron chi connectivity index (χ1n) is 11.2. The molecule has 33 heavy (non-hydrogen) atoms. The van der Waals surface area contributed by atoms with Crippen molar-refractivity contribution < 1.29 is 19.5 Å². The normalized spacial score (nSPS) is 18.8. The zero-order valence-electron chi connectivity index (χ0n) is 18.7. The lowest BCUT2D eigenvalue weighted by Gasteiger charge is -2.31. The summed E-state index contributed by atoms with van der Waals surface area (Å²) in [7, 11) is 1.64. The molecule has 0 saturated carbocycles. The lowest BCUT2D eigenvalue weighted by atomic mass is 9.90. The Hall–Kier alpha value is -3.46. The summed E-state index contributed by atoms with van der Waals surface area (Å²) < 4.78 is 5.80. The van der Waals surface area contributed by atoms with E-state index in [1.165, 1.54) is 5.56 Å². The number of nitrogens with one attached hydrogen (secondary N) is 2. The minimum absolute atomic E-state index is 0.235. The molecule has 1 atom stereocenters. The van der Waals surface area contributed by atoms with Gasteiger partial charge in [0.2, 0.25) is 0 Å². The van der Waals surface area contributed by atoms with Crippen LogP contribution in [0.1, 0.15) is 36.4 Å². The van der Waals surface area contributed by atoms with Crippen LogP contribution in [-0.4, -0.2) is 52.6 Å². The van der Waals surface area contributed by atoms with Crippen LogP contribution < -0.4 is 15.8 Å². The molecule has 0 radical (unpaired) electrons. The minimum atomic E-state index is -0.693. The Morgan fingerprint density at radius 3 is 2.67 bits per heavy atom. The highest BCUT2D eigenvalue weighted by atomic mass is 16.7. The number of ether oxygens (including phenoxy) is 1. The number of aromatic nitrogens is 2. The molecule has 2 aromatic rings. The van der Waals surface area contributed by atoms with Crippen LogP contribution in [0.25, 0.3) is 0 Å². The molecule has 9 heteroatoms. The van der Waals surface area contributed by atoms with E-state index in [4.69, 9.17) is 9.57 Å². The van der Waals surface area contributed by atoms with Crippen LogP contribution in [0.2, 0.25) is 0 Å². The molecule has 1 amide bonds. The van der Waals surface area contributed by atoms with Crippen molar-refractivity contribution in [3.8, 4) is 5.88 Å². The molecule has 1 fully saturated rings. The Morgan fingerprint density at radius 1 is 1.24 bits per heavy atom. The number of H-pyrrole nitrogens is 1. The number of aromatic hydroxyl groups is 1. The number of benzene rings is 1. The van der Waals surface area contributed by atoms with Gasteiger partial charge in [-0.1, -0.05) is 41.1 Å². The number of carbonyl (C=O) groups excluding carboxylic acids is 1. The van der Waals surface area contributed by atoms with Gasteiger partial charge >= 0.3 is 11.8 Å². The number of piperidine rings is 1. The molecule has 1 unspecified atom stereocenters. The second-order valence-corrected chi connectivity index (χ2v) is 8.35. The van der Waals surface area contributed by atoms with Gasteiger partial charge in [-0.05, 0) is 48.8 Å². The smallest absolute Gasteiger partial charge is 0.434 e. The lowest BCUT2D eigenvalue weighted by Crippen LogP contribution is -2.43. The van der Waals surface area contributed by atoms with E-state index in [-0.39, 0.29) is 18.2 Å². The number of nitrogens with zero attached hydrogens (tertiary/aromatic N) is 2. The highest BCUT2D eigenvalue weighted by Gasteiger charge is 2.27. The van der Waals surface area contributed by atoms with Crippen molar-refractivity contribution in [1.82, 2.24) is 19.9 Å². The predicted octanol–water partition coefficient (Wildman–Crippen LogP) is 2.51. The van der Waals surface area contributed by atoms with Gasteiger partial charge in [0.05, 0.1) is 12.8 Å². The molecule has 3 N–H and O–H groups in total. The summed E-state index contributed by atoms with van der Waals surface area (Å²) in [6, 6.07) is 10.2. The van der Waals surface area contributed by atoms with Crippen LogP contribution in [-0.2, 0) is 11.3 Å². The second kappa shape index (κ2) is 10.4. The molecule has 1 aliphatic heterocycles. The van der Waals surface area contributed by atoms with Gasteiger partial charge in [-0.3, -0.25) is 0 Å². The van der Waals surface area contributed by atoms with Gasteiger partial charge in [0.25, 0.3) is 5.88 Å². The zero-order valence-corrected chi connectivity index (χ0v) is 18.7. The molecule has 1 aliphatic carbocycles. The number of amides is 1. The fourth-order valence-corrected chi connectivity index (χ4v) is 4.25. The van der Waals surface area contributed by atoms with Crippen molar-refractivity contribution in [2.45, 2.75) is 31.7 Å². The van der Waals surface area contributed by atoms with Crippen LogP contribution in [0.4, 0.5) is 4.79 Å². The molecule has 2 aliphatic rings. The molecule has 1 saturated heterocycles. The minimum Gasteiger partial charge on any atom is -0.497 e. The van der Waals surface area contributed by atoms with E-state index in [1.54, 1.807) is 12.0 Å². The van der Waals surface area contributed by atoms with E-state index in [9.17, 15) is 14.7 Å². The maximum atomic E-state index is 12.6. The highest BCUT2D eigenvalue weighted by molar-refractivity contribution is 5.68. The van der Waals surface area contributed by atoms with Crippen molar-refractivity contribution >= 4 is 6.09 Å². The van der Waals surface area contributed by atoms with Gasteiger partial charge in [-0.2, -0.15) is 0 Å². The van der Waals surface area contributed by atoms with E-state index in [2.05, 4.69) is 28.5 Å². The van der Waals surface area contributed by atoms with E-state index < -0.39 is 17.7 Å². The molecule has 1 aromatic heterocycles. The van der Waals surface area contributed by atoms with Crippen LogP contribution in [0.5, 0.6) is 5.88 Å². The van der Waals surface area contributed by atoms with E-state index in [0.717, 1.165) is 25.0 Å². The fraction of sp³-hybridized carbons (Fsp3) is 0.417. The average molecular weight is 455 g/mol. The molecule has 4 rings (SSSR count). The standard InChI is InChI=1S/C24H30N4O5/c1-32-20-9-7-17(8-10-20)15-25-16-21-22(29)28(23(30)26-21)33-24(31)27-13-11-19(12-14-27)18-5-3-2-4-6-18/h2-7,9-10,17,19,25,29H,8,11-16H2,1H3,(H,26,30). The molecule has 0 bridgehead atoms. The third-order valence-corrected chi connectivity index (χ3v) is 6.20. The third-order valence-electron chi connectivity index (χ3n) is 6.20. The summed E-state index contributed by atoms with van der Waals surface area (Å²) in [5.41, 5.74) is 0.839. The monoisotopic (exact) mass is 454 g/mol. The van der Waals surface area contributed by atoms with Gasteiger partial charge in [0.1, 0.15) is 5.76 Å². The van der Waals surface area contributed by atoms with Crippen molar-refractivity contribution in [3.05, 3.63) is 76.1 Å². The van der Waals surface area contributed by atoms with Crippen LogP contribution in [0.15, 0.2) is 59.1 Å². The van der Waals surface area contributed by atoms with Crippen LogP contribution in [0, 0.1) is 5.92 Å². The summed E-state index contributed by atoms with van der Waals surface area (Å²) in [6.45, 7) is 1.95. The highest BCUT2D eigenvalue weighted by Crippen LogP contribution is 2.27. The SMILES string of the molecule is COC1=CCC(CNCc2[nH]c(=O)n(OC(=O)N3CCC(c4ccccc4)CC3)c2O)C=C1. The largest absolute Gasteiger partial charge is 0.497 e. The Kier molecular flexibility index (Phi) is 7.19. The van der Waals surface area contributed by atoms with E-state index in [1.807, 2.05) is 30.4 Å². The van der Waals surface area contributed by atoms with Gasteiger partial charge in [-0.25, -0.2) is 9.59 Å². The van der Waals surface area contributed by atoms with Crippen LogP contribution in [0.3, 0.4) is 0 Å². The number of allylic oxidation sites excluding steroid dienone is 2. The topological polar surface area (TPSA) is 109 Å². The maximum Gasteiger partial charge on any atom is 0.434 e. The molecule has 1 aromatic carbocycles. The summed E-state index contributed by atoms with van der Waals surface area (Å²) in [5, 5.41) is 13.6. The van der Waals surface area contributed by atoms with Crippen molar-refractivity contribution in [2.24, 2.45) is 5.92 Å². The molecule has 2 heterocycles. The Labute approximate surface area is 192 Å². The molecular formula is C24H30N4O5. The van der Waals surface area contributed by atoms with Crippen molar-refractivity contribution in [3.63, 3.8) is 0 Å². The predicted molar refractivity (Wildman–Crippen MR) is 123 cm³/mol. The first-order valence-corrected chi connectivity index (χ1v) is 11.2. The number of likely N-dealkylation sites (tertiary alicyclic amines) is 1. The zero-order chi connectivity index (χ0) is 23.2. The number of methoxy groups -OCH3 is 1. The van der Waals surface area contributed by atoms with Crippen LogP contribution >= 0.6 is 0 Å². The number of hydrogen-bond acceptors (Lipinski definition) is 6. The summed E-state index contributed by atoms with van der Waals surface area (Å²) >= 11 is 0. The quantitative estimate of drug-likeness (QED) is 0.593. The second-order valence-electron chi connectivity index (χ2n) is 8.35. The van der Waals surface area contributed by atoms with Crippen molar-refractivity contribution in [2.75, 3.05) is 26.7 Å². The molecular weight excluding hydrogens is 424 g/mol. The lowest BCUT2D eigenvalue weighted by molar-refractivity contribution is 0.0721. The number of imidazole rings is 1. The summed E-state index contributed by atoms with van der Waals surface area (Å²) in [5.74, 6) is 1.13. The van der Waals surface area contributed by atoms with E-state index >= 15 is 0 Å². The molecule has 0 spiro atoms. The van der Waals surface area contributed by atoms with Gasteiger partial charge in [-0.15, -0.1) is 0 Å². The number of hydrogen-bond donors (Lipinski definition) is 3. The van der Waals surface area contributed by atoms with Crippen molar-refractivity contribution in [1.29, 1.82) is 0 Å². The maximum absolute atomic E-state index is 12.6. The molecule has 9 nitrogen and oxygen atoms in total.